The lowest BCUT2D eigenvalue weighted by molar-refractivity contribution is 0.669. The first-order valence-corrected chi connectivity index (χ1v) is 16.1. The summed E-state index contributed by atoms with van der Waals surface area (Å²) in [5.74, 6) is -0.0159. The van der Waals surface area contributed by atoms with Crippen molar-refractivity contribution >= 4 is 54.5 Å². The van der Waals surface area contributed by atoms with E-state index in [4.69, 9.17) is 15.4 Å². The Hall–Kier alpha value is -6.45. The number of fused-ring (bicyclic) bond motifs is 6. The highest BCUT2D eigenvalue weighted by atomic mass is 16.3. The number of benzene rings is 8. The average molecular weight is 635 g/mol. The molecule has 3 heteroatoms. The van der Waals surface area contributed by atoms with Gasteiger partial charge in [0, 0.05) is 20.6 Å². The third kappa shape index (κ3) is 4.26. The van der Waals surface area contributed by atoms with E-state index in [9.17, 15) is 0 Å². The summed E-state index contributed by atoms with van der Waals surface area (Å²) >= 11 is 0. The predicted molar refractivity (Wildman–Crippen MR) is 204 cm³/mol. The molecule has 3 nitrogen and oxygen atoms in total. The van der Waals surface area contributed by atoms with Crippen LogP contribution in [-0.2, 0) is 0 Å². The van der Waals surface area contributed by atoms with Crippen LogP contribution in [0.3, 0.4) is 0 Å². The van der Waals surface area contributed by atoms with E-state index in [1.54, 1.807) is 10.6 Å². The van der Waals surface area contributed by atoms with Crippen molar-refractivity contribution in [1.82, 2.24) is 9.55 Å². The number of furan rings is 1. The molecule has 10 rings (SSSR count). The predicted octanol–water partition coefficient (Wildman–Crippen LogP) is 12.5. The van der Waals surface area contributed by atoms with E-state index in [2.05, 4.69) is 23.2 Å². The van der Waals surface area contributed by atoms with Crippen LogP contribution in [0.1, 0.15) is 16.8 Å². The standard InChI is InChI=1S/C46H30N2O/c1-29-47-40-18-8-9-19-41(40)48(29)33-25-22-31(23-26-33)44-34-14-5-6-15-35(34)45(39-28-32(24-27-36(39)44)30-12-3-2-4-13-30)38-17-11-21-43-46(38)37-16-7-10-20-42(37)49-43/h2-28H,1H3/i1D3,2D,3D,4D,12D,13D. The molecule has 0 N–H and O–H groups in total. The zero-order valence-corrected chi connectivity index (χ0v) is 26.0. The number of para-hydroxylation sites is 3. The van der Waals surface area contributed by atoms with Crippen molar-refractivity contribution < 1.29 is 15.4 Å². The summed E-state index contributed by atoms with van der Waals surface area (Å²) in [6.07, 6.45) is 0. The second-order valence-corrected chi connectivity index (χ2v) is 12.1. The van der Waals surface area contributed by atoms with E-state index >= 15 is 0 Å². The molecule has 2 heterocycles. The lowest BCUT2D eigenvalue weighted by atomic mass is 9.84. The molecule has 0 fully saturated rings. The SMILES string of the molecule is [2H]c1c([2H])c([2H])c(-c2ccc3c(-c4ccc(-n5c(C([2H])([2H])[2H])nc6ccccc65)cc4)c4ccccc4c(-c4cccc5oc6ccccc6c45)c3c2)c([2H])c1[2H]. The summed E-state index contributed by atoms with van der Waals surface area (Å²) in [6.45, 7) is -2.44. The molecular formula is C46H30N2O. The summed E-state index contributed by atoms with van der Waals surface area (Å²) in [6, 6.07) is 41.2. The van der Waals surface area contributed by atoms with Crippen LogP contribution in [0.5, 0.6) is 0 Å². The minimum Gasteiger partial charge on any atom is -0.456 e. The lowest BCUT2D eigenvalue weighted by Gasteiger charge is -2.19. The Balaban J connectivity index is 1.29. The number of aryl methyl sites for hydroxylation is 1. The molecule has 0 aliphatic heterocycles. The molecule has 0 atom stereocenters. The summed E-state index contributed by atoms with van der Waals surface area (Å²) in [4.78, 5) is 4.49. The van der Waals surface area contributed by atoms with Gasteiger partial charge in [0.25, 0.3) is 0 Å². The fourth-order valence-corrected chi connectivity index (χ4v) is 7.38. The van der Waals surface area contributed by atoms with Gasteiger partial charge in [0.05, 0.1) is 17.9 Å². The summed E-state index contributed by atoms with van der Waals surface area (Å²) in [5.41, 5.74) is 7.71. The smallest absolute Gasteiger partial charge is 0.136 e. The van der Waals surface area contributed by atoms with Gasteiger partial charge in [0.15, 0.2) is 0 Å². The zero-order chi connectivity index (χ0) is 39.3. The Labute approximate surface area is 294 Å². The highest BCUT2D eigenvalue weighted by molar-refractivity contribution is 6.26. The second-order valence-electron chi connectivity index (χ2n) is 12.1. The van der Waals surface area contributed by atoms with E-state index in [1.807, 2.05) is 109 Å². The molecule has 0 aliphatic carbocycles. The van der Waals surface area contributed by atoms with Crippen LogP contribution in [0.2, 0.25) is 0 Å². The van der Waals surface area contributed by atoms with Crippen molar-refractivity contribution in [1.29, 1.82) is 0 Å². The summed E-state index contributed by atoms with van der Waals surface area (Å²) in [7, 11) is 0. The molecule has 0 saturated heterocycles. The molecule has 8 aromatic carbocycles. The van der Waals surface area contributed by atoms with E-state index in [0.717, 1.165) is 65.7 Å². The van der Waals surface area contributed by atoms with Gasteiger partial charge in [-0.05, 0) is 104 Å². The molecule has 49 heavy (non-hydrogen) atoms. The van der Waals surface area contributed by atoms with Crippen molar-refractivity contribution in [3.05, 3.63) is 169 Å². The highest BCUT2D eigenvalue weighted by Crippen LogP contribution is 2.47. The monoisotopic (exact) mass is 634 g/mol. The van der Waals surface area contributed by atoms with Gasteiger partial charge in [-0.3, -0.25) is 4.57 Å². The van der Waals surface area contributed by atoms with Crippen LogP contribution < -0.4 is 0 Å². The minimum absolute atomic E-state index is 0.0159. The van der Waals surface area contributed by atoms with Crippen molar-refractivity contribution in [2.24, 2.45) is 0 Å². The van der Waals surface area contributed by atoms with E-state index in [1.165, 1.54) is 0 Å². The van der Waals surface area contributed by atoms with Crippen molar-refractivity contribution in [2.75, 3.05) is 0 Å². The van der Waals surface area contributed by atoms with Gasteiger partial charge in [-0.25, -0.2) is 4.98 Å². The van der Waals surface area contributed by atoms with Gasteiger partial charge in [-0.1, -0.05) is 121 Å². The molecular weight excluding hydrogens is 597 g/mol. The van der Waals surface area contributed by atoms with E-state index < -0.39 is 25.0 Å². The molecule has 0 aliphatic rings. The fourth-order valence-electron chi connectivity index (χ4n) is 7.38. The molecule has 0 radical (unpaired) electrons. The first kappa shape index (κ1) is 20.7. The Morgan fingerprint density at radius 2 is 1.27 bits per heavy atom. The Bertz CT molecular complexity index is 3260. The van der Waals surface area contributed by atoms with Crippen LogP contribution in [0.4, 0.5) is 0 Å². The maximum absolute atomic E-state index is 8.84. The third-order valence-electron chi connectivity index (χ3n) is 9.46. The lowest BCUT2D eigenvalue weighted by Crippen LogP contribution is -1.97. The molecule has 0 spiro atoms. The number of nitrogens with zero attached hydrogens (tertiary/aromatic N) is 2. The van der Waals surface area contributed by atoms with Crippen molar-refractivity contribution in [3.8, 4) is 39.1 Å². The van der Waals surface area contributed by atoms with Gasteiger partial charge in [0.2, 0.25) is 0 Å². The van der Waals surface area contributed by atoms with Crippen LogP contribution in [0.25, 0.3) is 93.6 Å². The zero-order valence-electron chi connectivity index (χ0n) is 34.0. The number of aromatic nitrogens is 2. The van der Waals surface area contributed by atoms with E-state index in [0.29, 0.717) is 22.3 Å². The van der Waals surface area contributed by atoms with E-state index in [-0.39, 0.29) is 23.5 Å². The molecule has 2 aromatic heterocycles. The highest BCUT2D eigenvalue weighted by Gasteiger charge is 2.21. The van der Waals surface area contributed by atoms with Gasteiger partial charge in [0.1, 0.15) is 17.0 Å². The molecule has 0 bridgehead atoms. The first-order chi connectivity index (χ1) is 27.5. The number of rotatable bonds is 4. The van der Waals surface area contributed by atoms with Crippen molar-refractivity contribution in [3.63, 3.8) is 0 Å². The molecule has 0 unspecified atom stereocenters. The van der Waals surface area contributed by atoms with Crippen LogP contribution in [0.15, 0.2) is 168 Å². The first-order valence-electron chi connectivity index (χ1n) is 20.1. The Morgan fingerprint density at radius 3 is 2.10 bits per heavy atom. The quantitative estimate of drug-likeness (QED) is 0.180. The Kier molecular flexibility index (Phi) is 4.56. The molecule has 10 aromatic rings. The summed E-state index contributed by atoms with van der Waals surface area (Å²) in [5, 5.41) is 5.54. The number of hydrogen-bond donors (Lipinski definition) is 0. The van der Waals surface area contributed by atoms with Gasteiger partial charge in [-0.2, -0.15) is 0 Å². The number of imidazole rings is 1. The van der Waals surface area contributed by atoms with Crippen molar-refractivity contribution in [2.45, 2.75) is 6.85 Å². The van der Waals surface area contributed by atoms with Crippen LogP contribution >= 0.6 is 0 Å². The van der Waals surface area contributed by atoms with Crippen LogP contribution in [0, 0.1) is 6.85 Å². The average Bonchev–Trinajstić information content (AvgIpc) is 3.81. The second kappa shape index (κ2) is 10.8. The normalized spacial score (nSPS) is 14.4. The maximum atomic E-state index is 8.84. The molecule has 0 saturated carbocycles. The van der Waals surface area contributed by atoms with Crippen LogP contribution in [-0.4, -0.2) is 9.55 Å². The largest absolute Gasteiger partial charge is 0.456 e. The van der Waals surface area contributed by atoms with Gasteiger partial charge in [-0.15, -0.1) is 0 Å². The van der Waals surface area contributed by atoms with Gasteiger partial charge >= 0.3 is 0 Å². The topological polar surface area (TPSA) is 31.0 Å². The molecule has 0 amide bonds. The summed E-state index contributed by atoms with van der Waals surface area (Å²) < 4.78 is 75.6. The number of hydrogen-bond acceptors (Lipinski definition) is 2. The maximum Gasteiger partial charge on any atom is 0.136 e. The Morgan fingerprint density at radius 1 is 0.571 bits per heavy atom. The minimum atomic E-state index is -2.44. The fraction of sp³-hybridized carbons (Fsp3) is 0.0217. The molecule has 230 valence electrons. The third-order valence-corrected chi connectivity index (χ3v) is 9.46. The van der Waals surface area contributed by atoms with Gasteiger partial charge < -0.3 is 4.42 Å².